The molecule has 140 valence electrons. The van der Waals surface area contributed by atoms with E-state index in [1.54, 1.807) is 37.3 Å². The molecule has 0 aliphatic rings. The van der Waals surface area contributed by atoms with Crippen LogP contribution in [0.3, 0.4) is 0 Å². The van der Waals surface area contributed by atoms with Crippen molar-refractivity contribution < 1.29 is 17.9 Å². The van der Waals surface area contributed by atoms with Crippen LogP contribution in [0.1, 0.15) is 18.1 Å². The molecule has 0 radical (unpaired) electrons. The molecule has 0 saturated heterocycles. The number of hydrogen-bond donors (Lipinski definition) is 1. The van der Waals surface area contributed by atoms with E-state index < -0.39 is 10.0 Å². The van der Waals surface area contributed by atoms with Crippen LogP contribution in [0.5, 0.6) is 5.75 Å². The van der Waals surface area contributed by atoms with Crippen LogP contribution >= 0.6 is 0 Å². The number of carbonyl (C=O) groups is 1. The maximum atomic E-state index is 12.6. The monoisotopic (exact) mass is 376 g/mol. The van der Waals surface area contributed by atoms with Gasteiger partial charge in [0.1, 0.15) is 5.75 Å². The van der Waals surface area contributed by atoms with Gasteiger partial charge in [-0.25, -0.2) is 13.1 Å². The molecule has 0 unspecified atom stereocenters. The number of hydrogen-bond acceptors (Lipinski definition) is 4. The normalized spacial score (nSPS) is 11.2. The molecular weight excluding hydrogens is 352 g/mol. The lowest BCUT2D eigenvalue weighted by Gasteiger charge is -2.23. The van der Waals surface area contributed by atoms with Gasteiger partial charge in [-0.3, -0.25) is 4.79 Å². The summed E-state index contributed by atoms with van der Waals surface area (Å²) in [4.78, 5) is 13.8. The Labute approximate surface area is 154 Å². The Hall–Kier alpha value is -2.38. The topological polar surface area (TPSA) is 75.7 Å². The molecule has 0 aromatic heterocycles. The summed E-state index contributed by atoms with van der Waals surface area (Å²) in [6.45, 7) is 5.32. The van der Waals surface area contributed by atoms with Gasteiger partial charge in [-0.05, 0) is 43.2 Å². The number of amides is 1. The van der Waals surface area contributed by atoms with Crippen molar-refractivity contribution in [1.29, 1.82) is 0 Å². The molecule has 26 heavy (non-hydrogen) atoms. The summed E-state index contributed by atoms with van der Waals surface area (Å²) in [6.07, 6.45) is 0. The molecule has 7 heteroatoms. The summed E-state index contributed by atoms with van der Waals surface area (Å²) >= 11 is 0. The van der Waals surface area contributed by atoms with Gasteiger partial charge in [0.25, 0.3) is 0 Å². The second-order valence-electron chi connectivity index (χ2n) is 6.01. The quantitative estimate of drug-likeness (QED) is 0.806. The molecule has 0 heterocycles. The van der Waals surface area contributed by atoms with Crippen LogP contribution in [-0.4, -0.2) is 34.5 Å². The predicted molar refractivity (Wildman–Crippen MR) is 102 cm³/mol. The maximum absolute atomic E-state index is 12.6. The van der Waals surface area contributed by atoms with Crippen LogP contribution in [-0.2, 0) is 14.8 Å². The van der Waals surface area contributed by atoms with Gasteiger partial charge in [-0.2, -0.15) is 0 Å². The van der Waals surface area contributed by atoms with E-state index in [-0.39, 0.29) is 23.9 Å². The molecule has 2 aromatic carbocycles. The van der Waals surface area contributed by atoms with Gasteiger partial charge in [-0.1, -0.05) is 24.3 Å². The van der Waals surface area contributed by atoms with E-state index >= 15 is 0 Å². The highest BCUT2D eigenvalue weighted by Gasteiger charge is 2.19. The second-order valence-corrected chi connectivity index (χ2v) is 7.74. The summed E-state index contributed by atoms with van der Waals surface area (Å²) in [5.74, 6) is 0.362. The number of aryl methyl sites for hydroxylation is 2. The summed E-state index contributed by atoms with van der Waals surface area (Å²) in [6, 6.07) is 12.4. The van der Waals surface area contributed by atoms with Crippen LogP contribution in [0.4, 0.5) is 5.69 Å². The van der Waals surface area contributed by atoms with E-state index in [0.29, 0.717) is 17.0 Å². The van der Waals surface area contributed by atoms with E-state index in [4.69, 9.17) is 4.74 Å². The zero-order valence-corrected chi connectivity index (χ0v) is 16.3. The third-order valence-corrected chi connectivity index (χ3v) is 5.62. The number of nitrogens with one attached hydrogen (secondary N) is 1. The van der Waals surface area contributed by atoms with Crippen molar-refractivity contribution in [1.82, 2.24) is 4.72 Å². The largest absolute Gasteiger partial charge is 0.495 e. The molecule has 0 atom stereocenters. The number of methoxy groups -OCH3 is 1. The fourth-order valence-corrected chi connectivity index (χ4v) is 4.02. The zero-order chi connectivity index (χ0) is 19.3. The minimum absolute atomic E-state index is 0.0906. The number of nitrogens with zero attached hydrogens (tertiary/aromatic N) is 1. The first-order chi connectivity index (χ1) is 12.3. The fourth-order valence-electron chi connectivity index (χ4n) is 2.67. The number of rotatable bonds is 7. The Bertz CT molecular complexity index is 894. The second kappa shape index (κ2) is 8.33. The number of ether oxygens (including phenoxy) is 1. The van der Waals surface area contributed by atoms with Crippen molar-refractivity contribution in [2.75, 3.05) is 25.1 Å². The average molecular weight is 376 g/mol. The maximum Gasteiger partial charge on any atom is 0.240 e. The van der Waals surface area contributed by atoms with E-state index in [2.05, 4.69) is 4.72 Å². The van der Waals surface area contributed by atoms with E-state index in [9.17, 15) is 13.2 Å². The van der Waals surface area contributed by atoms with Crippen molar-refractivity contribution in [2.24, 2.45) is 0 Å². The smallest absolute Gasteiger partial charge is 0.240 e. The van der Waals surface area contributed by atoms with Gasteiger partial charge in [-0.15, -0.1) is 0 Å². The third kappa shape index (κ3) is 4.62. The standard InChI is InChI=1S/C19H24N2O4S/c1-14-9-10-15(2)19(13-14)26(23,24)20-11-12-21(16(3)22)17-7-5-6-8-18(17)25-4/h5-10,13,20H,11-12H2,1-4H3. The number of benzene rings is 2. The summed E-state index contributed by atoms with van der Waals surface area (Å²) in [7, 11) is -2.12. The Morgan fingerprint density at radius 3 is 2.50 bits per heavy atom. The molecule has 1 N–H and O–H groups in total. The van der Waals surface area contributed by atoms with E-state index in [1.807, 2.05) is 19.1 Å². The van der Waals surface area contributed by atoms with E-state index in [1.165, 1.54) is 18.9 Å². The van der Waals surface area contributed by atoms with Crippen molar-refractivity contribution in [3.63, 3.8) is 0 Å². The minimum Gasteiger partial charge on any atom is -0.495 e. The zero-order valence-electron chi connectivity index (χ0n) is 15.4. The highest BCUT2D eigenvalue weighted by molar-refractivity contribution is 7.89. The first kappa shape index (κ1) is 19.9. The molecule has 0 fully saturated rings. The predicted octanol–water partition coefficient (Wildman–Crippen LogP) is 2.64. The Balaban J connectivity index is 2.15. The highest BCUT2D eigenvalue weighted by Crippen LogP contribution is 2.27. The molecule has 0 spiro atoms. The first-order valence-corrected chi connectivity index (χ1v) is 9.72. The van der Waals surface area contributed by atoms with Crippen LogP contribution in [0.15, 0.2) is 47.4 Å². The lowest BCUT2D eigenvalue weighted by Crippen LogP contribution is -2.37. The van der Waals surface area contributed by atoms with Crippen LogP contribution in [0.2, 0.25) is 0 Å². The van der Waals surface area contributed by atoms with Crippen LogP contribution in [0, 0.1) is 13.8 Å². The number of carbonyl (C=O) groups excluding carboxylic acids is 1. The molecule has 1 amide bonds. The van der Waals surface area contributed by atoms with E-state index in [0.717, 1.165) is 5.56 Å². The Morgan fingerprint density at radius 2 is 1.85 bits per heavy atom. The lowest BCUT2D eigenvalue weighted by atomic mass is 10.2. The Morgan fingerprint density at radius 1 is 1.15 bits per heavy atom. The van der Waals surface area contributed by atoms with Gasteiger partial charge in [0.2, 0.25) is 15.9 Å². The molecular formula is C19H24N2O4S. The van der Waals surface area contributed by atoms with Crippen molar-refractivity contribution in [3.8, 4) is 5.75 Å². The minimum atomic E-state index is -3.65. The summed E-state index contributed by atoms with van der Waals surface area (Å²) in [5, 5.41) is 0. The SMILES string of the molecule is COc1ccccc1N(CCNS(=O)(=O)c1cc(C)ccc1C)C(C)=O. The lowest BCUT2D eigenvalue weighted by molar-refractivity contribution is -0.116. The molecule has 0 bridgehead atoms. The third-order valence-electron chi connectivity index (χ3n) is 4.02. The van der Waals surface area contributed by atoms with Crippen molar-refractivity contribution in [3.05, 3.63) is 53.6 Å². The van der Waals surface area contributed by atoms with Gasteiger partial charge >= 0.3 is 0 Å². The first-order valence-electron chi connectivity index (χ1n) is 8.24. The number of sulfonamides is 1. The van der Waals surface area contributed by atoms with Gasteiger partial charge < -0.3 is 9.64 Å². The van der Waals surface area contributed by atoms with Gasteiger partial charge in [0.15, 0.2) is 0 Å². The molecule has 0 aliphatic carbocycles. The number of para-hydroxylation sites is 2. The van der Waals surface area contributed by atoms with Crippen molar-refractivity contribution >= 4 is 21.6 Å². The van der Waals surface area contributed by atoms with Crippen LogP contribution < -0.4 is 14.4 Å². The molecule has 2 aromatic rings. The summed E-state index contributed by atoms with van der Waals surface area (Å²) in [5.41, 5.74) is 2.15. The average Bonchev–Trinajstić information content (AvgIpc) is 2.60. The van der Waals surface area contributed by atoms with Crippen LogP contribution in [0.25, 0.3) is 0 Å². The van der Waals surface area contributed by atoms with Gasteiger partial charge in [0.05, 0.1) is 17.7 Å². The summed E-state index contributed by atoms with van der Waals surface area (Å²) < 4.78 is 33.0. The fraction of sp³-hybridized carbons (Fsp3) is 0.316. The Kier molecular flexibility index (Phi) is 6.39. The van der Waals surface area contributed by atoms with Crippen molar-refractivity contribution in [2.45, 2.75) is 25.7 Å². The van der Waals surface area contributed by atoms with Gasteiger partial charge in [0, 0.05) is 20.0 Å². The molecule has 2 rings (SSSR count). The molecule has 6 nitrogen and oxygen atoms in total. The highest BCUT2D eigenvalue weighted by atomic mass is 32.2. The molecule has 0 saturated carbocycles. The number of anilines is 1. The molecule has 0 aliphatic heterocycles.